The first-order chi connectivity index (χ1) is 5.24. The molecule has 0 bridgehead atoms. The van der Waals surface area contributed by atoms with Gasteiger partial charge in [-0.15, -0.1) is 0 Å². The maximum absolute atomic E-state index is 10.8. The zero-order chi connectivity index (χ0) is 8.27. The van der Waals surface area contributed by atoms with Gasteiger partial charge in [-0.05, 0) is 19.3 Å². The summed E-state index contributed by atoms with van der Waals surface area (Å²) in [7, 11) is 1.69. The number of amides is 1. The van der Waals surface area contributed by atoms with Gasteiger partial charge in [0.15, 0.2) is 0 Å². The van der Waals surface area contributed by atoms with Crippen molar-refractivity contribution < 1.29 is 9.53 Å². The van der Waals surface area contributed by atoms with Crippen LogP contribution in [0.3, 0.4) is 0 Å². The lowest BCUT2D eigenvalue weighted by atomic mass is 9.87. The fraction of sp³-hybridized carbons (Fsp3) is 0.875. The number of ether oxygens (including phenoxy) is 1. The molecule has 11 heavy (non-hydrogen) atoms. The molecule has 0 aromatic heterocycles. The molecule has 0 saturated heterocycles. The van der Waals surface area contributed by atoms with Gasteiger partial charge in [0.2, 0.25) is 5.91 Å². The van der Waals surface area contributed by atoms with E-state index in [1.54, 1.807) is 7.11 Å². The lowest BCUT2D eigenvalue weighted by Crippen LogP contribution is -2.31. The fourth-order valence-electron chi connectivity index (χ4n) is 1.62. The number of primary amides is 1. The molecule has 0 unspecified atom stereocenters. The van der Waals surface area contributed by atoms with E-state index < -0.39 is 0 Å². The first kappa shape index (κ1) is 8.53. The molecule has 2 atom stereocenters. The molecule has 0 aliphatic heterocycles. The molecular weight excluding hydrogens is 142 g/mol. The van der Waals surface area contributed by atoms with Gasteiger partial charge < -0.3 is 10.5 Å². The minimum absolute atomic E-state index is 0.0497. The smallest absolute Gasteiger partial charge is 0.220 e. The van der Waals surface area contributed by atoms with Crippen molar-refractivity contribution in [2.75, 3.05) is 7.11 Å². The highest BCUT2D eigenvalue weighted by Crippen LogP contribution is 2.25. The Morgan fingerprint density at radius 3 is 2.82 bits per heavy atom. The monoisotopic (exact) mass is 157 g/mol. The number of nitrogens with two attached hydrogens (primary N) is 1. The first-order valence-corrected chi connectivity index (χ1v) is 4.06. The summed E-state index contributed by atoms with van der Waals surface area (Å²) >= 11 is 0. The number of hydrogen-bond donors (Lipinski definition) is 1. The van der Waals surface area contributed by atoms with Gasteiger partial charge in [0, 0.05) is 13.0 Å². The van der Waals surface area contributed by atoms with Crippen LogP contribution in [0.1, 0.15) is 25.7 Å². The van der Waals surface area contributed by atoms with E-state index in [2.05, 4.69) is 0 Å². The molecule has 3 heteroatoms. The molecule has 1 saturated carbocycles. The highest BCUT2D eigenvalue weighted by Gasteiger charge is 2.24. The van der Waals surface area contributed by atoms with Crippen molar-refractivity contribution in [3.63, 3.8) is 0 Å². The predicted octanol–water partition coefficient (Wildman–Crippen LogP) is 0.677. The SMILES string of the molecule is CO[C@@H]1CCC[C@H](C(N)=O)C1. The zero-order valence-electron chi connectivity index (χ0n) is 6.88. The summed E-state index contributed by atoms with van der Waals surface area (Å²) in [6.07, 6.45) is 4.13. The summed E-state index contributed by atoms with van der Waals surface area (Å²) in [4.78, 5) is 10.8. The fourth-order valence-corrected chi connectivity index (χ4v) is 1.62. The molecule has 0 heterocycles. The topological polar surface area (TPSA) is 52.3 Å². The van der Waals surface area contributed by atoms with Gasteiger partial charge in [-0.1, -0.05) is 6.42 Å². The minimum atomic E-state index is -0.174. The highest BCUT2D eigenvalue weighted by molar-refractivity contribution is 5.76. The summed E-state index contributed by atoms with van der Waals surface area (Å²) in [5.74, 6) is -0.125. The van der Waals surface area contributed by atoms with E-state index in [-0.39, 0.29) is 17.9 Å². The van der Waals surface area contributed by atoms with Crippen molar-refractivity contribution in [2.24, 2.45) is 11.7 Å². The molecular formula is C8H15NO2. The van der Waals surface area contributed by atoms with Gasteiger partial charge in [0.05, 0.1) is 6.10 Å². The Balaban J connectivity index is 2.39. The molecule has 1 rings (SSSR count). The Hall–Kier alpha value is -0.570. The van der Waals surface area contributed by atoms with Gasteiger partial charge in [-0.25, -0.2) is 0 Å². The van der Waals surface area contributed by atoms with Crippen LogP contribution in [0, 0.1) is 5.92 Å². The van der Waals surface area contributed by atoms with Gasteiger partial charge >= 0.3 is 0 Å². The predicted molar refractivity (Wildman–Crippen MR) is 41.9 cm³/mol. The Labute approximate surface area is 66.9 Å². The lowest BCUT2D eigenvalue weighted by Gasteiger charge is -2.25. The molecule has 2 N–H and O–H groups in total. The minimum Gasteiger partial charge on any atom is -0.381 e. The normalized spacial score (nSPS) is 31.7. The maximum atomic E-state index is 10.8. The molecule has 0 spiro atoms. The van der Waals surface area contributed by atoms with E-state index in [0.29, 0.717) is 0 Å². The van der Waals surface area contributed by atoms with Crippen molar-refractivity contribution in [3.8, 4) is 0 Å². The Morgan fingerprint density at radius 2 is 2.27 bits per heavy atom. The number of carbonyl (C=O) groups is 1. The maximum Gasteiger partial charge on any atom is 0.220 e. The van der Waals surface area contributed by atoms with Crippen LogP contribution < -0.4 is 5.73 Å². The van der Waals surface area contributed by atoms with E-state index in [1.165, 1.54) is 0 Å². The molecule has 1 amide bonds. The number of rotatable bonds is 2. The molecule has 3 nitrogen and oxygen atoms in total. The number of hydrogen-bond acceptors (Lipinski definition) is 2. The average Bonchev–Trinajstić information content (AvgIpc) is 2.05. The van der Waals surface area contributed by atoms with Gasteiger partial charge in [-0.3, -0.25) is 4.79 Å². The van der Waals surface area contributed by atoms with Crippen LogP contribution in [-0.4, -0.2) is 19.1 Å². The molecule has 0 radical (unpaired) electrons. The van der Waals surface area contributed by atoms with Crippen LogP contribution in [-0.2, 0) is 9.53 Å². The second kappa shape index (κ2) is 3.72. The highest BCUT2D eigenvalue weighted by atomic mass is 16.5. The van der Waals surface area contributed by atoms with Crippen molar-refractivity contribution in [1.29, 1.82) is 0 Å². The molecule has 1 aliphatic carbocycles. The largest absolute Gasteiger partial charge is 0.381 e. The summed E-state index contributed by atoms with van der Waals surface area (Å²) in [5.41, 5.74) is 5.19. The zero-order valence-corrected chi connectivity index (χ0v) is 6.88. The van der Waals surface area contributed by atoms with Crippen molar-refractivity contribution >= 4 is 5.91 Å². The van der Waals surface area contributed by atoms with E-state index in [1.807, 2.05) is 0 Å². The van der Waals surface area contributed by atoms with Crippen molar-refractivity contribution in [3.05, 3.63) is 0 Å². The summed E-state index contributed by atoms with van der Waals surface area (Å²) in [6.45, 7) is 0. The third kappa shape index (κ3) is 2.19. The molecule has 1 fully saturated rings. The summed E-state index contributed by atoms with van der Waals surface area (Å²) < 4.78 is 5.16. The summed E-state index contributed by atoms with van der Waals surface area (Å²) in [6, 6.07) is 0. The number of carbonyl (C=O) groups excluding carboxylic acids is 1. The van der Waals surface area contributed by atoms with E-state index in [4.69, 9.17) is 10.5 Å². The van der Waals surface area contributed by atoms with Crippen molar-refractivity contribution in [2.45, 2.75) is 31.8 Å². The van der Waals surface area contributed by atoms with Crippen LogP contribution in [0.4, 0.5) is 0 Å². The van der Waals surface area contributed by atoms with Crippen molar-refractivity contribution in [1.82, 2.24) is 0 Å². The Kier molecular flexibility index (Phi) is 2.88. The van der Waals surface area contributed by atoms with Crippen LogP contribution in [0.5, 0.6) is 0 Å². The van der Waals surface area contributed by atoms with Crippen LogP contribution >= 0.6 is 0 Å². The van der Waals surface area contributed by atoms with E-state index in [0.717, 1.165) is 25.7 Å². The second-order valence-electron chi connectivity index (χ2n) is 3.12. The summed E-state index contributed by atoms with van der Waals surface area (Å²) in [5, 5.41) is 0. The lowest BCUT2D eigenvalue weighted by molar-refractivity contribution is -0.124. The Bertz CT molecular complexity index is 147. The first-order valence-electron chi connectivity index (χ1n) is 4.06. The van der Waals surface area contributed by atoms with E-state index >= 15 is 0 Å². The number of methoxy groups -OCH3 is 1. The molecule has 1 aliphatic rings. The van der Waals surface area contributed by atoms with Crippen LogP contribution in [0.25, 0.3) is 0 Å². The third-order valence-electron chi connectivity index (χ3n) is 2.36. The molecule has 64 valence electrons. The Morgan fingerprint density at radius 1 is 1.55 bits per heavy atom. The van der Waals surface area contributed by atoms with Crippen LogP contribution in [0.15, 0.2) is 0 Å². The molecule has 0 aromatic carbocycles. The quantitative estimate of drug-likeness (QED) is 0.640. The van der Waals surface area contributed by atoms with E-state index in [9.17, 15) is 4.79 Å². The van der Waals surface area contributed by atoms with Gasteiger partial charge in [0.1, 0.15) is 0 Å². The van der Waals surface area contributed by atoms with Gasteiger partial charge in [0.25, 0.3) is 0 Å². The van der Waals surface area contributed by atoms with Crippen LogP contribution in [0.2, 0.25) is 0 Å². The second-order valence-corrected chi connectivity index (χ2v) is 3.12. The average molecular weight is 157 g/mol. The third-order valence-corrected chi connectivity index (χ3v) is 2.36. The standard InChI is InChI=1S/C8H15NO2/c1-11-7-4-2-3-6(5-7)8(9)10/h6-7H,2-5H2,1H3,(H2,9,10)/t6-,7+/m0/s1. The molecule has 0 aromatic rings. The van der Waals surface area contributed by atoms with Gasteiger partial charge in [-0.2, -0.15) is 0 Å².